The van der Waals surface area contributed by atoms with Gasteiger partial charge in [0.05, 0.1) is 13.2 Å². The van der Waals surface area contributed by atoms with Gasteiger partial charge in [-0.25, -0.2) is 0 Å². The molecule has 4 atom stereocenters. The quantitative estimate of drug-likeness (QED) is 0.386. The number of aliphatic hydroxyl groups is 4. The maximum Gasteiger partial charge on any atom is 0.147 e. The summed E-state index contributed by atoms with van der Waals surface area (Å²) in [6.07, 6.45) is -4.23. The zero-order chi connectivity index (χ0) is 9.84. The Morgan fingerprint density at radius 2 is 1.31 bits per heavy atom. The van der Waals surface area contributed by atoms with Crippen LogP contribution in [-0.2, 0) is 9.47 Å². The van der Waals surface area contributed by atoms with Crippen molar-refractivity contribution in [3.8, 4) is 0 Å². The molecule has 6 nitrogen and oxygen atoms in total. The molecule has 0 spiro atoms. The molecule has 0 aliphatic carbocycles. The van der Waals surface area contributed by atoms with E-state index < -0.39 is 37.6 Å². The van der Waals surface area contributed by atoms with Crippen molar-refractivity contribution in [2.24, 2.45) is 0 Å². The van der Waals surface area contributed by atoms with Gasteiger partial charge in [-0.15, -0.1) is 0 Å². The van der Waals surface area contributed by atoms with E-state index in [1.165, 1.54) is 0 Å². The van der Waals surface area contributed by atoms with Crippen LogP contribution in [0, 0.1) is 0 Å². The summed E-state index contributed by atoms with van der Waals surface area (Å²) < 4.78 is 9.75. The summed E-state index contributed by atoms with van der Waals surface area (Å²) in [5.41, 5.74) is 0. The Labute approximate surface area is 75.3 Å². The zero-order valence-electron chi connectivity index (χ0n) is 7.04. The number of hydrogen-bond donors (Lipinski definition) is 4. The highest BCUT2D eigenvalue weighted by Crippen LogP contribution is 2.14. The van der Waals surface area contributed by atoms with Crippen LogP contribution in [0.5, 0.6) is 0 Å². The predicted molar refractivity (Wildman–Crippen MR) is 40.8 cm³/mol. The summed E-state index contributed by atoms with van der Waals surface area (Å²) in [7, 11) is 0. The lowest BCUT2D eigenvalue weighted by Crippen LogP contribution is -2.45. The van der Waals surface area contributed by atoms with Crippen molar-refractivity contribution in [1.29, 1.82) is 0 Å². The van der Waals surface area contributed by atoms with Crippen LogP contribution in [0.3, 0.4) is 0 Å². The van der Waals surface area contributed by atoms with E-state index in [0.717, 1.165) is 0 Å². The second-order valence-electron chi connectivity index (χ2n) is 2.87. The predicted octanol–water partition coefficient (Wildman–Crippen LogP) is -2.57. The van der Waals surface area contributed by atoms with E-state index in [0.29, 0.717) is 0 Å². The minimum Gasteiger partial charge on any atom is -0.394 e. The molecule has 0 saturated carbocycles. The Morgan fingerprint density at radius 3 is 1.62 bits per heavy atom. The Bertz CT molecular complexity index is 136. The summed E-state index contributed by atoms with van der Waals surface area (Å²) in [6.45, 7) is -0.968. The lowest BCUT2D eigenvalue weighted by molar-refractivity contribution is -0.123. The molecule has 0 bridgehead atoms. The van der Waals surface area contributed by atoms with E-state index in [1.807, 2.05) is 0 Å². The summed E-state index contributed by atoms with van der Waals surface area (Å²) >= 11 is 0. The fraction of sp³-hybridized carbons (Fsp3) is 1.00. The van der Waals surface area contributed by atoms with Crippen molar-refractivity contribution in [1.82, 2.24) is 0 Å². The van der Waals surface area contributed by atoms with Crippen LogP contribution in [0.1, 0.15) is 0 Å². The molecule has 6 heteroatoms. The molecule has 0 radical (unpaired) electrons. The van der Waals surface area contributed by atoms with E-state index in [2.05, 4.69) is 0 Å². The molecule has 1 aliphatic heterocycles. The Kier molecular flexibility index (Phi) is 4.04. The van der Waals surface area contributed by atoms with E-state index in [9.17, 15) is 10.2 Å². The standard InChI is InChI=1S/C7H14O6/c8-1-4-6(10)7(11)5(2-9)13-3-12-4/h4-11H,1-3H2. The Hall–Kier alpha value is -0.240. The van der Waals surface area contributed by atoms with Crippen LogP contribution in [0.4, 0.5) is 0 Å². The molecule has 78 valence electrons. The smallest absolute Gasteiger partial charge is 0.147 e. The van der Waals surface area contributed by atoms with Gasteiger partial charge < -0.3 is 29.9 Å². The second-order valence-corrected chi connectivity index (χ2v) is 2.87. The number of aliphatic hydroxyl groups excluding tert-OH is 4. The molecule has 1 saturated heterocycles. The fourth-order valence-corrected chi connectivity index (χ4v) is 1.17. The maximum atomic E-state index is 9.39. The van der Waals surface area contributed by atoms with Crippen LogP contribution in [0.2, 0.25) is 0 Å². The molecule has 4 unspecified atom stereocenters. The normalized spacial score (nSPS) is 41.5. The van der Waals surface area contributed by atoms with Crippen molar-refractivity contribution < 1.29 is 29.9 Å². The van der Waals surface area contributed by atoms with Gasteiger partial charge in [-0.2, -0.15) is 0 Å². The molecular formula is C7H14O6. The minimum absolute atomic E-state index is 0.162. The van der Waals surface area contributed by atoms with Gasteiger partial charge in [0.2, 0.25) is 0 Å². The summed E-state index contributed by atoms with van der Waals surface area (Å²) in [5.74, 6) is 0. The van der Waals surface area contributed by atoms with E-state index in [-0.39, 0.29) is 6.79 Å². The van der Waals surface area contributed by atoms with Gasteiger partial charge in [-0.05, 0) is 0 Å². The molecule has 13 heavy (non-hydrogen) atoms. The topological polar surface area (TPSA) is 99.4 Å². The number of rotatable bonds is 2. The first-order chi connectivity index (χ1) is 6.20. The molecule has 0 aromatic heterocycles. The number of hydrogen-bond acceptors (Lipinski definition) is 6. The van der Waals surface area contributed by atoms with Crippen LogP contribution >= 0.6 is 0 Å². The first kappa shape index (κ1) is 10.8. The second kappa shape index (κ2) is 4.85. The highest BCUT2D eigenvalue weighted by atomic mass is 16.7. The molecule has 1 rings (SSSR count). The van der Waals surface area contributed by atoms with Crippen molar-refractivity contribution in [3.05, 3.63) is 0 Å². The minimum atomic E-state index is -1.25. The zero-order valence-corrected chi connectivity index (χ0v) is 7.04. The van der Waals surface area contributed by atoms with E-state index in [4.69, 9.17) is 19.7 Å². The Balaban J connectivity index is 2.61. The lowest BCUT2D eigenvalue weighted by atomic mass is 10.0. The molecular weight excluding hydrogens is 180 g/mol. The van der Waals surface area contributed by atoms with Gasteiger partial charge in [0.25, 0.3) is 0 Å². The van der Waals surface area contributed by atoms with Crippen LogP contribution in [0.15, 0.2) is 0 Å². The lowest BCUT2D eigenvalue weighted by Gasteiger charge is -2.23. The van der Waals surface area contributed by atoms with Crippen molar-refractivity contribution in [2.75, 3.05) is 20.0 Å². The maximum absolute atomic E-state index is 9.39. The first-order valence-electron chi connectivity index (χ1n) is 4.01. The van der Waals surface area contributed by atoms with Crippen molar-refractivity contribution in [3.63, 3.8) is 0 Å². The molecule has 4 N–H and O–H groups in total. The summed E-state index contributed by atoms with van der Waals surface area (Å²) in [6, 6.07) is 0. The van der Waals surface area contributed by atoms with E-state index in [1.54, 1.807) is 0 Å². The third-order valence-electron chi connectivity index (χ3n) is 2.04. The van der Waals surface area contributed by atoms with Crippen LogP contribution in [-0.4, -0.2) is 64.8 Å². The third kappa shape index (κ3) is 2.37. The molecule has 1 fully saturated rings. The SMILES string of the molecule is OCC1OCOC(CO)C(O)C1O. The van der Waals surface area contributed by atoms with E-state index >= 15 is 0 Å². The molecule has 0 aromatic rings. The first-order valence-corrected chi connectivity index (χ1v) is 4.01. The molecule has 1 aliphatic rings. The largest absolute Gasteiger partial charge is 0.394 e. The average molecular weight is 194 g/mol. The average Bonchev–Trinajstić information content (AvgIpc) is 2.28. The highest BCUT2D eigenvalue weighted by Gasteiger charge is 2.35. The monoisotopic (exact) mass is 194 g/mol. The van der Waals surface area contributed by atoms with Gasteiger partial charge in [0.15, 0.2) is 0 Å². The van der Waals surface area contributed by atoms with Crippen molar-refractivity contribution in [2.45, 2.75) is 24.4 Å². The van der Waals surface area contributed by atoms with Gasteiger partial charge in [-0.1, -0.05) is 0 Å². The highest BCUT2D eigenvalue weighted by molar-refractivity contribution is 4.83. The molecule has 0 amide bonds. The van der Waals surface area contributed by atoms with Crippen LogP contribution < -0.4 is 0 Å². The third-order valence-corrected chi connectivity index (χ3v) is 2.04. The van der Waals surface area contributed by atoms with Gasteiger partial charge in [-0.3, -0.25) is 0 Å². The fourth-order valence-electron chi connectivity index (χ4n) is 1.17. The molecule has 1 heterocycles. The van der Waals surface area contributed by atoms with Gasteiger partial charge in [0.1, 0.15) is 31.2 Å². The van der Waals surface area contributed by atoms with Crippen LogP contribution in [0.25, 0.3) is 0 Å². The van der Waals surface area contributed by atoms with Crippen molar-refractivity contribution >= 4 is 0 Å². The Morgan fingerprint density at radius 1 is 0.923 bits per heavy atom. The molecule has 0 aromatic carbocycles. The van der Waals surface area contributed by atoms with Gasteiger partial charge >= 0.3 is 0 Å². The summed E-state index contributed by atoms with van der Waals surface area (Å²) in [4.78, 5) is 0. The number of ether oxygens (including phenoxy) is 2. The summed E-state index contributed by atoms with van der Waals surface area (Å²) in [5, 5.41) is 36.3. The van der Waals surface area contributed by atoms with Gasteiger partial charge in [0, 0.05) is 0 Å².